The van der Waals surface area contributed by atoms with E-state index in [0.717, 1.165) is 0 Å². The zero-order valence-corrected chi connectivity index (χ0v) is 14.0. The number of methoxy groups -OCH3 is 1. The second-order valence-corrected chi connectivity index (χ2v) is 5.71. The van der Waals surface area contributed by atoms with Crippen molar-refractivity contribution in [2.45, 2.75) is 6.10 Å². The van der Waals surface area contributed by atoms with Crippen molar-refractivity contribution in [3.63, 3.8) is 0 Å². The van der Waals surface area contributed by atoms with E-state index < -0.39 is 0 Å². The van der Waals surface area contributed by atoms with Gasteiger partial charge in [0.05, 0.1) is 20.3 Å². The molecule has 132 valence electrons. The summed E-state index contributed by atoms with van der Waals surface area (Å²) in [6, 6.07) is 12.9. The highest BCUT2D eigenvalue weighted by atomic mass is 19.1. The number of ether oxygens (including phenoxy) is 3. The molecule has 5 nitrogen and oxygen atoms in total. The summed E-state index contributed by atoms with van der Waals surface area (Å²) in [4.78, 5) is 14.2. The summed E-state index contributed by atoms with van der Waals surface area (Å²) in [5.74, 6) is 0.792. The third-order valence-electron chi connectivity index (χ3n) is 4.01. The predicted molar refractivity (Wildman–Crippen MR) is 90.5 cm³/mol. The van der Waals surface area contributed by atoms with E-state index in [1.165, 1.54) is 24.3 Å². The Kier molecular flexibility index (Phi) is 5.50. The van der Waals surface area contributed by atoms with E-state index in [1.807, 2.05) is 24.3 Å². The number of nitrogens with zero attached hydrogens (tertiary/aromatic N) is 1. The Hall–Kier alpha value is -2.60. The average Bonchev–Trinajstić information content (AvgIpc) is 2.67. The van der Waals surface area contributed by atoms with Crippen LogP contribution >= 0.6 is 0 Å². The Morgan fingerprint density at radius 2 is 1.92 bits per heavy atom. The molecule has 1 atom stereocenters. The van der Waals surface area contributed by atoms with Crippen molar-refractivity contribution in [3.05, 3.63) is 59.9 Å². The molecule has 2 aromatic carbocycles. The zero-order valence-electron chi connectivity index (χ0n) is 14.0. The Labute approximate surface area is 145 Å². The lowest BCUT2D eigenvalue weighted by molar-refractivity contribution is -0.0403. The molecular formula is C19H20FNO4. The quantitative estimate of drug-likeness (QED) is 0.836. The molecule has 0 N–H and O–H groups in total. The van der Waals surface area contributed by atoms with Crippen LogP contribution in [0.4, 0.5) is 4.39 Å². The standard InChI is InChI=1S/C19H20FNO4/c1-23-17-4-2-3-5-18(17)25-13-16-12-21(10-11-24-16)19(22)14-6-8-15(20)9-7-14/h2-9,16H,10-13H2,1H3. The monoisotopic (exact) mass is 345 g/mol. The van der Waals surface area contributed by atoms with Crippen LogP contribution in [0.2, 0.25) is 0 Å². The fraction of sp³-hybridized carbons (Fsp3) is 0.316. The summed E-state index contributed by atoms with van der Waals surface area (Å²) in [5, 5.41) is 0. The zero-order chi connectivity index (χ0) is 17.6. The molecule has 3 rings (SSSR count). The highest BCUT2D eigenvalue weighted by Crippen LogP contribution is 2.26. The number of hydrogen-bond acceptors (Lipinski definition) is 4. The van der Waals surface area contributed by atoms with Crippen molar-refractivity contribution in [1.29, 1.82) is 0 Å². The Morgan fingerprint density at radius 1 is 1.20 bits per heavy atom. The fourth-order valence-electron chi connectivity index (χ4n) is 2.70. The third-order valence-corrected chi connectivity index (χ3v) is 4.01. The first-order valence-corrected chi connectivity index (χ1v) is 8.09. The highest BCUT2D eigenvalue weighted by molar-refractivity contribution is 5.94. The number of hydrogen-bond donors (Lipinski definition) is 0. The van der Waals surface area contributed by atoms with Gasteiger partial charge in [0.15, 0.2) is 11.5 Å². The molecular weight excluding hydrogens is 325 g/mol. The first-order valence-electron chi connectivity index (χ1n) is 8.09. The summed E-state index contributed by atoms with van der Waals surface area (Å²) in [5.41, 5.74) is 0.465. The molecule has 25 heavy (non-hydrogen) atoms. The van der Waals surface area contributed by atoms with E-state index in [-0.39, 0.29) is 17.8 Å². The number of para-hydroxylation sites is 2. The maximum Gasteiger partial charge on any atom is 0.254 e. The van der Waals surface area contributed by atoms with Crippen LogP contribution in [-0.4, -0.2) is 50.3 Å². The van der Waals surface area contributed by atoms with Gasteiger partial charge in [0.2, 0.25) is 0 Å². The second-order valence-electron chi connectivity index (χ2n) is 5.71. The second kappa shape index (κ2) is 7.98. The summed E-state index contributed by atoms with van der Waals surface area (Å²) in [7, 11) is 1.59. The van der Waals surface area contributed by atoms with Crippen LogP contribution < -0.4 is 9.47 Å². The molecule has 1 saturated heterocycles. The van der Waals surface area contributed by atoms with Crippen molar-refractivity contribution in [1.82, 2.24) is 4.90 Å². The summed E-state index contributed by atoms with van der Waals surface area (Å²) < 4.78 is 29.7. The lowest BCUT2D eigenvalue weighted by Crippen LogP contribution is -2.47. The molecule has 1 fully saturated rings. The summed E-state index contributed by atoms with van der Waals surface area (Å²) >= 11 is 0. The van der Waals surface area contributed by atoms with Crippen LogP contribution in [0.15, 0.2) is 48.5 Å². The summed E-state index contributed by atoms with van der Waals surface area (Å²) in [6.45, 7) is 1.67. The minimum atomic E-state index is -0.360. The maximum atomic E-state index is 13.0. The molecule has 0 saturated carbocycles. The Morgan fingerprint density at radius 3 is 2.64 bits per heavy atom. The molecule has 1 amide bonds. The van der Waals surface area contributed by atoms with Gasteiger partial charge in [0.25, 0.3) is 5.91 Å². The van der Waals surface area contributed by atoms with Gasteiger partial charge < -0.3 is 19.1 Å². The third kappa shape index (κ3) is 4.28. The minimum absolute atomic E-state index is 0.134. The van der Waals surface area contributed by atoms with E-state index in [2.05, 4.69) is 0 Å². The van der Waals surface area contributed by atoms with Gasteiger partial charge in [0, 0.05) is 12.1 Å². The van der Waals surface area contributed by atoms with E-state index in [0.29, 0.717) is 43.4 Å². The number of rotatable bonds is 5. The minimum Gasteiger partial charge on any atom is -0.493 e. The largest absolute Gasteiger partial charge is 0.493 e. The average molecular weight is 345 g/mol. The lowest BCUT2D eigenvalue weighted by atomic mass is 10.1. The maximum absolute atomic E-state index is 13.0. The van der Waals surface area contributed by atoms with E-state index in [9.17, 15) is 9.18 Å². The van der Waals surface area contributed by atoms with Crippen LogP contribution in [0.5, 0.6) is 11.5 Å². The van der Waals surface area contributed by atoms with Crippen molar-refractivity contribution in [2.24, 2.45) is 0 Å². The number of benzene rings is 2. The predicted octanol–water partition coefficient (Wildman–Crippen LogP) is 2.75. The number of halogens is 1. The Bertz CT molecular complexity index is 720. The van der Waals surface area contributed by atoms with Gasteiger partial charge in [-0.05, 0) is 36.4 Å². The van der Waals surface area contributed by atoms with Crippen LogP contribution in [0.1, 0.15) is 10.4 Å². The number of carbonyl (C=O) groups is 1. The lowest BCUT2D eigenvalue weighted by Gasteiger charge is -2.33. The molecule has 0 aliphatic carbocycles. The molecule has 1 aliphatic heterocycles. The molecule has 0 bridgehead atoms. The number of carbonyl (C=O) groups excluding carboxylic acids is 1. The van der Waals surface area contributed by atoms with Gasteiger partial charge in [-0.25, -0.2) is 4.39 Å². The van der Waals surface area contributed by atoms with Crippen molar-refractivity contribution < 1.29 is 23.4 Å². The van der Waals surface area contributed by atoms with Crippen molar-refractivity contribution >= 4 is 5.91 Å². The molecule has 2 aromatic rings. The molecule has 1 unspecified atom stereocenters. The Balaban J connectivity index is 1.59. The molecule has 0 aromatic heterocycles. The van der Waals surface area contributed by atoms with E-state index >= 15 is 0 Å². The fourth-order valence-corrected chi connectivity index (χ4v) is 2.70. The van der Waals surface area contributed by atoms with Crippen LogP contribution in [0.25, 0.3) is 0 Å². The van der Waals surface area contributed by atoms with Crippen molar-refractivity contribution in [3.8, 4) is 11.5 Å². The summed E-state index contributed by atoms with van der Waals surface area (Å²) in [6.07, 6.45) is -0.233. The first-order chi connectivity index (χ1) is 12.2. The smallest absolute Gasteiger partial charge is 0.254 e. The van der Waals surface area contributed by atoms with E-state index in [1.54, 1.807) is 12.0 Å². The van der Waals surface area contributed by atoms with Gasteiger partial charge in [-0.2, -0.15) is 0 Å². The number of morpholine rings is 1. The SMILES string of the molecule is COc1ccccc1OCC1CN(C(=O)c2ccc(F)cc2)CCO1. The van der Waals surface area contributed by atoms with Crippen molar-refractivity contribution in [2.75, 3.05) is 33.4 Å². The van der Waals surface area contributed by atoms with Crippen LogP contribution in [-0.2, 0) is 4.74 Å². The number of amides is 1. The van der Waals surface area contributed by atoms with Crippen LogP contribution in [0.3, 0.4) is 0 Å². The van der Waals surface area contributed by atoms with Crippen LogP contribution in [0, 0.1) is 5.82 Å². The van der Waals surface area contributed by atoms with Gasteiger partial charge in [-0.3, -0.25) is 4.79 Å². The molecule has 6 heteroatoms. The molecule has 1 aliphatic rings. The van der Waals surface area contributed by atoms with Gasteiger partial charge >= 0.3 is 0 Å². The van der Waals surface area contributed by atoms with Gasteiger partial charge in [0.1, 0.15) is 18.5 Å². The van der Waals surface area contributed by atoms with Gasteiger partial charge in [-0.1, -0.05) is 12.1 Å². The van der Waals surface area contributed by atoms with Gasteiger partial charge in [-0.15, -0.1) is 0 Å². The highest BCUT2D eigenvalue weighted by Gasteiger charge is 2.25. The molecule has 0 spiro atoms. The molecule has 0 radical (unpaired) electrons. The first kappa shape index (κ1) is 17.2. The topological polar surface area (TPSA) is 48.0 Å². The molecule has 1 heterocycles. The van der Waals surface area contributed by atoms with E-state index in [4.69, 9.17) is 14.2 Å². The normalized spacial score (nSPS) is 17.2.